The van der Waals surface area contributed by atoms with E-state index >= 15 is 0 Å². The maximum atomic E-state index is 5.49. The first-order valence-corrected chi connectivity index (χ1v) is 6.00. The van der Waals surface area contributed by atoms with E-state index in [0.29, 0.717) is 12.5 Å². The third kappa shape index (κ3) is 2.77. The molecule has 0 spiro atoms. The Kier molecular flexibility index (Phi) is 3.85. The van der Waals surface area contributed by atoms with Crippen molar-refractivity contribution in [3.8, 4) is 0 Å². The van der Waals surface area contributed by atoms with Gasteiger partial charge in [0.1, 0.15) is 5.82 Å². The fraction of sp³-hybridized carbons (Fsp3) is 0.667. The average molecular weight is 220 g/mol. The minimum atomic E-state index is 0.588. The predicted octanol–water partition coefficient (Wildman–Crippen LogP) is 0.787. The van der Waals surface area contributed by atoms with Crippen LogP contribution in [0, 0.1) is 0 Å². The lowest BCUT2D eigenvalue weighted by atomic mass is 10.0. The van der Waals surface area contributed by atoms with Gasteiger partial charge in [-0.3, -0.25) is 0 Å². The van der Waals surface area contributed by atoms with Crippen LogP contribution in [0.25, 0.3) is 0 Å². The van der Waals surface area contributed by atoms with Gasteiger partial charge in [-0.15, -0.1) is 0 Å². The zero-order valence-corrected chi connectivity index (χ0v) is 9.89. The van der Waals surface area contributed by atoms with E-state index in [4.69, 9.17) is 5.73 Å². The van der Waals surface area contributed by atoms with Gasteiger partial charge >= 0.3 is 0 Å². The Balaban J connectivity index is 2.04. The van der Waals surface area contributed by atoms with Crippen LogP contribution >= 0.6 is 0 Å². The van der Waals surface area contributed by atoms with Gasteiger partial charge in [0, 0.05) is 30.8 Å². The van der Waals surface area contributed by atoms with Crippen LogP contribution in [0.2, 0.25) is 0 Å². The zero-order valence-electron chi connectivity index (χ0n) is 9.89. The minimum Gasteiger partial charge on any atom is -0.330 e. The molecule has 1 fully saturated rings. The average Bonchev–Trinajstić information content (AvgIpc) is 2.74. The topological polar surface area (TPSA) is 55.0 Å². The number of hydrogen-bond donors (Lipinski definition) is 1. The monoisotopic (exact) mass is 220 g/mol. The smallest absolute Gasteiger partial charge is 0.128 e. The molecule has 0 bridgehead atoms. The number of nitrogens with zero attached hydrogens (tertiary/aromatic N) is 3. The first-order valence-electron chi connectivity index (χ1n) is 6.00. The molecule has 1 aliphatic rings. The molecule has 0 radical (unpaired) electrons. The summed E-state index contributed by atoms with van der Waals surface area (Å²) in [7, 11) is 2.16. The second-order valence-electron chi connectivity index (χ2n) is 4.54. The van der Waals surface area contributed by atoms with E-state index in [1.807, 2.05) is 6.20 Å². The summed E-state index contributed by atoms with van der Waals surface area (Å²) >= 11 is 0. The van der Waals surface area contributed by atoms with Crippen LogP contribution in [-0.4, -0.2) is 41.5 Å². The van der Waals surface area contributed by atoms with Gasteiger partial charge in [0.05, 0.1) is 0 Å². The van der Waals surface area contributed by atoms with Crippen LogP contribution in [-0.2, 0) is 6.42 Å². The molecule has 4 heteroatoms. The van der Waals surface area contributed by atoms with Gasteiger partial charge in [0.2, 0.25) is 0 Å². The van der Waals surface area contributed by atoms with E-state index in [1.165, 1.54) is 18.7 Å². The highest BCUT2D eigenvalue weighted by atomic mass is 15.1. The Labute approximate surface area is 96.9 Å². The number of likely N-dealkylation sites (N-methyl/N-ethyl adjacent to an activating group) is 1. The highest BCUT2D eigenvalue weighted by Gasteiger charge is 2.22. The molecule has 16 heavy (non-hydrogen) atoms. The molecule has 0 aromatic carbocycles. The maximum Gasteiger partial charge on any atom is 0.128 e. The number of aromatic nitrogens is 2. The Morgan fingerprint density at radius 3 is 3.12 bits per heavy atom. The van der Waals surface area contributed by atoms with Gasteiger partial charge in [0.15, 0.2) is 0 Å². The van der Waals surface area contributed by atoms with Gasteiger partial charge in [-0.25, -0.2) is 9.97 Å². The lowest BCUT2D eigenvalue weighted by Crippen LogP contribution is -2.14. The maximum absolute atomic E-state index is 5.49. The summed E-state index contributed by atoms with van der Waals surface area (Å²) < 4.78 is 0. The van der Waals surface area contributed by atoms with Crippen LogP contribution in [0.1, 0.15) is 30.3 Å². The van der Waals surface area contributed by atoms with Gasteiger partial charge in [0.25, 0.3) is 0 Å². The molecule has 1 atom stereocenters. The Hall–Kier alpha value is -1.00. The summed E-state index contributed by atoms with van der Waals surface area (Å²) in [5.74, 6) is 1.53. The molecule has 0 amide bonds. The number of nitrogens with two attached hydrogens (primary N) is 1. The van der Waals surface area contributed by atoms with E-state index in [-0.39, 0.29) is 0 Å². The summed E-state index contributed by atoms with van der Waals surface area (Å²) in [5, 5.41) is 0. The molecule has 2 heterocycles. The van der Waals surface area contributed by atoms with Crippen molar-refractivity contribution in [1.82, 2.24) is 14.9 Å². The summed E-state index contributed by atoms with van der Waals surface area (Å²) in [6.45, 7) is 3.00. The van der Waals surface area contributed by atoms with Crippen molar-refractivity contribution < 1.29 is 0 Å². The third-order valence-electron chi connectivity index (χ3n) is 3.14. The van der Waals surface area contributed by atoms with E-state index in [9.17, 15) is 0 Å². The standard InChI is InChI=1S/C12H20N4/c1-16-8-5-10(9-16)11-4-7-14-12(15-11)3-2-6-13/h4,7,10H,2-3,5-6,8-9,13H2,1H3. The van der Waals surface area contributed by atoms with Crippen molar-refractivity contribution >= 4 is 0 Å². The van der Waals surface area contributed by atoms with Crippen molar-refractivity contribution in [2.24, 2.45) is 5.73 Å². The molecule has 0 saturated carbocycles. The van der Waals surface area contributed by atoms with E-state index in [2.05, 4.69) is 28.0 Å². The number of aryl methyl sites for hydroxylation is 1. The molecule has 1 saturated heterocycles. The number of hydrogen-bond acceptors (Lipinski definition) is 4. The first-order chi connectivity index (χ1) is 7.79. The quantitative estimate of drug-likeness (QED) is 0.815. The molecule has 2 rings (SSSR count). The summed E-state index contributed by atoms with van der Waals surface area (Å²) in [6.07, 6.45) is 4.96. The molecule has 1 unspecified atom stereocenters. The van der Waals surface area contributed by atoms with Gasteiger partial charge < -0.3 is 10.6 Å². The molecule has 2 N–H and O–H groups in total. The van der Waals surface area contributed by atoms with Crippen molar-refractivity contribution in [2.45, 2.75) is 25.2 Å². The molecule has 1 aliphatic heterocycles. The van der Waals surface area contributed by atoms with E-state index in [0.717, 1.165) is 25.2 Å². The van der Waals surface area contributed by atoms with Gasteiger partial charge in [-0.2, -0.15) is 0 Å². The Morgan fingerprint density at radius 1 is 1.56 bits per heavy atom. The Bertz CT molecular complexity index is 340. The van der Waals surface area contributed by atoms with Crippen molar-refractivity contribution in [2.75, 3.05) is 26.7 Å². The molecular formula is C12H20N4. The summed E-state index contributed by atoms with van der Waals surface area (Å²) in [5.41, 5.74) is 6.69. The second kappa shape index (κ2) is 5.37. The van der Waals surface area contributed by atoms with Crippen LogP contribution in [0.4, 0.5) is 0 Å². The van der Waals surface area contributed by atoms with Crippen LogP contribution in [0.3, 0.4) is 0 Å². The SMILES string of the molecule is CN1CCC(c2ccnc(CCCN)n2)C1. The largest absolute Gasteiger partial charge is 0.330 e. The molecule has 4 nitrogen and oxygen atoms in total. The predicted molar refractivity (Wildman–Crippen MR) is 64.3 cm³/mol. The fourth-order valence-corrected chi connectivity index (χ4v) is 2.20. The summed E-state index contributed by atoms with van der Waals surface area (Å²) in [4.78, 5) is 11.3. The molecule has 1 aromatic heterocycles. The first kappa shape index (κ1) is 11.5. The van der Waals surface area contributed by atoms with Gasteiger partial charge in [-0.05, 0) is 39.0 Å². The molecular weight excluding hydrogens is 200 g/mol. The highest BCUT2D eigenvalue weighted by Crippen LogP contribution is 2.24. The lowest BCUT2D eigenvalue weighted by molar-refractivity contribution is 0.410. The fourth-order valence-electron chi connectivity index (χ4n) is 2.20. The van der Waals surface area contributed by atoms with Crippen LogP contribution in [0.15, 0.2) is 12.3 Å². The van der Waals surface area contributed by atoms with Crippen LogP contribution in [0.5, 0.6) is 0 Å². The van der Waals surface area contributed by atoms with E-state index < -0.39 is 0 Å². The highest BCUT2D eigenvalue weighted by molar-refractivity contribution is 5.11. The molecule has 88 valence electrons. The second-order valence-corrected chi connectivity index (χ2v) is 4.54. The third-order valence-corrected chi connectivity index (χ3v) is 3.14. The van der Waals surface area contributed by atoms with Crippen molar-refractivity contribution in [3.63, 3.8) is 0 Å². The van der Waals surface area contributed by atoms with Crippen LogP contribution < -0.4 is 5.73 Å². The van der Waals surface area contributed by atoms with E-state index in [1.54, 1.807) is 0 Å². The number of likely N-dealkylation sites (tertiary alicyclic amines) is 1. The van der Waals surface area contributed by atoms with Crippen molar-refractivity contribution in [3.05, 3.63) is 23.8 Å². The molecule has 0 aliphatic carbocycles. The minimum absolute atomic E-state index is 0.588. The lowest BCUT2D eigenvalue weighted by Gasteiger charge is -2.10. The Morgan fingerprint density at radius 2 is 2.44 bits per heavy atom. The normalized spacial score (nSPS) is 21.5. The number of rotatable bonds is 4. The van der Waals surface area contributed by atoms with Gasteiger partial charge in [-0.1, -0.05) is 0 Å². The molecule has 1 aromatic rings. The zero-order chi connectivity index (χ0) is 11.4. The summed E-state index contributed by atoms with van der Waals surface area (Å²) in [6, 6.07) is 2.05. The van der Waals surface area contributed by atoms with Crippen molar-refractivity contribution in [1.29, 1.82) is 0 Å².